The first-order chi connectivity index (χ1) is 16.5. The Morgan fingerprint density at radius 2 is 1.91 bits per heavy atom. The number of rotatable bonds is 9. The molecule has 1 amide bonds. The van der Waals surface area contributed by atoms with Crippen molar-refractivity contribution in [2.75, 3.05) is 7.11 Å². The quantitative estimate of drug-likeness (QED) is 0.290. The molecule has 0 spiro atoms. The van der Waals surface area contributed by atoms with E-state index in [1.807, 2.05) is 36.4 Å². The lowest BCUT2D eigenvalue weighted by atomic mass is 10.1. The molecule has 7 nitrogen and oxygen atoms in total. The highest BCUT2D eigenvalue weighted by Crippen LogP contribution is 2.28. The van der Waals surface area contributed by atoms with Crippen molar-refractivity contribution in [2.24, 2.45) is 5.10 Å². The number of hydrogen-bond acceptors (Lipinski definition) is 5. The number of amides is 1. The van der Waals surface area contributed by atoms with Crippen LogP contribution in [0.15, 0.2) is 72.2 Å². The van der Waals surface area contributed by atoms with Crippen molar-refractivity contribution in [1.29, 1.82) is 0 Å². The number of hydrazone groups is 1. The summed E-state index contributed by atoms with van der Waals surface area (Å²) in [5.74, 6) is 1.08. The minimum Gasteiger partial charge on any atom is -0.493 e. The van der Waals surface area contributed by atoms with Crippen LogP contribution in [0.1, 0.15) is 28.7 Å². The minimum atomic E-state index is -0.146. The molecule has 174 valence electrons. The highest BCUT2D eigenvalue weighted by atomic mass is 16.5. The van der Waals surface area contributed by atoms with Gasteiger partial charge in [0.15, 0.2) is 11.5 Å². The van der Waals surface area contributed by atoms with Gasteiger partial charge in [0.05, 0.1) is 13.3 Å². The first-order valence-electron chi connectivity index (χ1n) is 11.1. The maximum atomic E-state index is 12.3. The SMILES string of the molecule is COc1cc(C=NNC(=O)CCn2cc(C)c3c(C)cccc32)ccc1OCc1ccncc1. The molecule has 0 unspecified atom stereocenters. The molecule has 7 heteroatoms. The fourth-order valence-corrected chi connectivity index (χ4v) is 3.94. The summed E-state index contributed by atoms with van der Waals surface area (Å²) in [6.45, 7) is 5.21. The van der Waals surface area contributed by atoms with E-state index in [2.05, 4.69) is 52.3 Å². The Labute approximate surface area is 199 Å². The van der Waals surface area contributed by atoms with Crippen LogP contribution in [-0.2, 0) is 17.9 Å². The molecule has 34 heavy (non-hydrogen) atoms. The van der Waals surface area contributed by atoms with E-state index in [0.717, 1.165) is 16.6 Å². The second kappa shape index (κ2) is 10.7. The number of aryl methyl sites for hydroxylation is 3. The van der Waals surface area contributed by atoms with Gasteiger partial charge < -0.3 is 14.0 Å². The van der Waals surface area contributed by atoms with Gasteiger partial charge in [-0.25, -0.2) is 5.43 Å². The number of nitrogens with zero attached hydrogens (tertiary/aromatic N) is 3. The number of pyridine rings is 1. The monoisotopic (exact) mass is 456 g/mol. The van der Waals surface area contributed by atoms with Gasteiger partial charge >= 0.3 is 0 Å². The summed E-state index contributed by atoms with van der Waals surface area (Å²) in [7, 11) is 1.59. The van der Waals surface area contributed by atoms with Crippen LogP contribution in [-0.4, -0.2) is 28.8 Å². The predicted octanol–water partition coefficient (Wildman–Crippen LogP) is 4.78. The van der Waals surface area contributed by atoms with E-state index in [9.17, 15) is 4.79 Å². The van der Waals surface area contributed by atoms with E-state index in [0.29, 0.717) is 31.1 Å². The summed E-state index contributed by atoms with van der Waals surface area (Å²) in [6.07, 6.45) is 7.48. The second-order valence-electron chi connectivity index (χ2n) is 8.07. The van der Waals surface area contributed by atoms with Crippen molar-refractivity contribution >= 4 is 23.0 Å². The van der Waals surface area contributed by atoms with Crippen LogP contribution in [0, 0.1) is 13.8 Å². The molecule has 4 rings (SSSR count). The molecule has 0 aliphatic rings. The Hall–Kier alpha value is -4.13. The lowest BCUT2D eigenvalue weighted by molar-refractivity contribution is -0.121. The van der Waals surface area contributed by atoms with Crippen LogP contribution < -0.4 is 14.9 Å². The lowest BCUT2D eigenvalue weighted by Gasteiger charge is -2.11. The Bertz CT molecular complexity index is 1310. The summed E-state index contributed by atoms with van der Waals surface area (Å²) in [6, 6.07) is 15.5. The molecule has 0 saturated carbocycles. The first kappa shape index (κ1) is 23.0. The van der Waals surface area contributed by atoms with E-state index in [1.165, 1.54) is 16.5 Å². The number of hydrogen-bond donors (Lipinski definition) is 1. The van der Waals surface area contributed by atoms with Crippen LogP contribution in [0.25, 0.3) is 10.9 Å². The minimum absolute atomic E-state index is 0.146. The van der Waals surface area contributed by atoms with Gasteiger partial charge in [-0.3, -0.25) is 9.78 Å². The van der Waals surface area contributed by atoms with Crippen molar-refractivity contribution in [3.05, 3.63) is 89.4 Å². The van der Waals surface area contributed by atoms with Crippen molar-refractivity contribution < 1.29 is 14.3 Å². The van der Waals surface area contributed by atoms with Crippen molar-refractivity contribution in [3.8, 4) is 11.5 Å². The standard InChI is InChI=1S/C27H28N4O3/c1-19-5-4-6-23-27(19)20(2)17-31(23)14-11-26(32)30-29-16-22-7-8-24(25(15-22)33-3)34-18-21-9-12-28-13-10-21/h4-10,12-13,15-17H,11,14,18H2,1-3H3,(H,30,32). The molecular formula is C27H28N4O3. The summed E-state index contributed by atoms with van der Waals surface area (Å²) in [5, 5.41) is 5.35. The molecule has 0 aliphatic heterocycles. The zero-order valence-corrected chi connectivity index (χ0v) is 19.6. The average molecular weight is 457 g/mol. The van der Waals surface area contributed by atoms with Crippen LogP contribution >= 0.6 is 0 Å². The molecule has 0 saturated heterocycles. The van der Waals surface area contributed by atoms with E-state index >= 15 is 0 Å². The molecule has 0 radical (unpaired) electrons. The largest absolute Gasteiger partial charge is 0.493 e. The molecule has 2 aromatic carbocycles. The topological polar surface area (TPSA) is 77.7 Å². The van der Waals surface area contributed by atoms with Crippen LogP contribution in [0.2, 0.25) is 0 Å². The van der Waals surface area contributed by atoms with E-state index in [-0.39, 0.29) is 5.91 Å². The molecule has 0 fully saturated rings. The third kappa shape index (κ3) is 5.43. The molecule has 0 atom stereocenters. The van der Waals surface area contributed by atoms with Crippen molar-refractivity contribution in [3.63, 3.8) is 0 Å². The van der Waals surface area contributed by atoms with Crippen molar-refractivity contribution in [2.45, 2.75) is 33.4 Å². The lowest BCUT2D eigenvalue weighted by Crippen LogP contribution is -2.19. The highest BCUT2D eigenvalue weighted by molar-refractivity contribution is 5.87. The molecule has 2 aromatic heterocycles. The fourth-order valence-electron chi connectivity index (χ4n) is 3.94. The molecule has 4 aromatic rings. The molecule has 0 aliphatic carbocycles. The van der Waals surface area contributed by atoms with Gasteiger partial charge in [-0.15, -0.1) is 0 Å². The molecule has 1 N–H and O–H groups in total. The maximum Gasteiger partial charge on any atom is 0.241 e. The Kier molecular flexibility index (Phi) is 7.22. The number of carbonyl (C=O) groups is 1. The Morgan fingerprint density at radius 1 is 1.09 bits per heavy atom. The molecule has 2 heterocycles. The van der Waals surface area contributed by atoms with Gasteiger partial charge in [0, 0.05) is 42.5 Å². The van der Waals surface area contributed by atoms with E-state index < -0.39 is 0 Å². The van der Waals surface area contributed by atoms with E-state index in [4.69, 9.17) is 9.47 Å². The van der Waals surface area contributed by atoms with Gasteiger partial charge in [-0.1, -0.05) is 12.1 Å². The second-order valence-corrected chi connectivity index (χ2v) is 8.07. The third-order valence-electron chi connectivity index (χ3n) is 5.62. The fraction of sp³-hybridized carbons (Fsp3) is 0.222. The van der Waals surface area contributed by atoms with Gasteiger partial charge in [-0.05, 0) is 72.5 Å². The molecule has 0 bridgehead atoms. The zero-order chi connectivity index (χ0) is 23.9. The predicted molar refractivity (Wildman–Crippen MR) is 133 cm³/mol. The Balaban J connectivity index is 1.32. The maximum absolute atomic E-state index is 12.3. The summed E-state index contributed by atoms with van der Waals surface area (Å²) < 4.78 is 13.4. The summed E-state index contributed by atoms with van der Waals surface area (Å²) >= 11 is 0. The van der Waals surface area contributed by atoms with Gasteiger partial charge in [0.25, 0.3) is 0 Å². The van der Waals surface area contributed by atoms with Crippen LogP contribution in [0.4, 0.5) is 0 Å². The van der Waals surface area contributed by atoms with Gasteiger partial charge in [-0.2, -0.15) is 5.10 Å². The van der Waals surface area contributed by atoms with Gasteiger partial charge in [0.2, 0.25) is 5.91 Å². The number of aromatic nitrogens is 2. The Morgan fingerprint density at radius 3 is 2.71 bits per heavy atom. The summed E-state index contributed by atoms with van der Waals surface area (Å²) in [4.78, 5) is 16.3. The normalized spacial score (nSPS) is 11.1. The number of fused-ring (bicyclic) bond motifs is 1. The van der Waals surface area contributed by atoms with E-state index in [1.54, 1.807) is 25.7 Å². The average Bonchev–Trinajstić information content (AvgIpc) is 3.19. The first-order valence-corrected chi connectivity index (χ1v) is 11.1. The number of benzene rings is 2. The zero-order valence-electron chi connectivity index (χ0n) is 19.6. The molecular weight excluding hydrogens is 428 g/mol. The smallest absolute Gasteiger partial charge is 0.241 e. The van der Waals surface area contributed by atoms with Gasteiger partial charge in [0.1, 0.15) is 6.61 Å². The highest BCUT2D eigenvalue weighted by Gasteiger charge is 2.09. The number of methoxy groups -OCH3 is 1. The number of nitrogens with one attached hydrogen (secondary N) is 1. The number of ether oxygens (including phenoxy) is 2. The van der Waals surface area contributed by atoms with Crippen molar-refractivity contribution in [1.82, 2.24) is 15.0 Å². The number of carbonyl (C=O) groups excluding carboxylic acids is 1. The third-order valence-corrected chi connectivity index (χ3v) is 5.62. The summed E-state index contributed by atoms with van der Waals surface area (Å²) in [5.41, 5.74) is 8.02. The van der Waals surface area contributed by atoms with Crippen LogP contribution in [0.3, 0.4) is 0 Å². The van der Waals surface area contributed by atoms with Crippen LogP contribution in [0.5, 0.6) is 11.5 Å².